The van der Waals surface area contributed by atoms with Gasteiger partial charge in [-0.2, -0.15) is 0 Å². The van der Waals surface area contributed by atoms with Crippen LogP contribution in [-0.2, 0) is 0 Å². The summed E-state index contributed by atoms with van der Waals surface area (Å²) in [5.41, 5.74) is 2.81. The van der Waals surface area contributed by atoms with Crippen molar-refractivity contribution < 1.29 is 4.74 Å². The molecule has 0 aromatic carbocycles. The zero-order chi connectivity index (χ0) is 16.2. The molecule has 0 saturated carbocycles. The molecule has 0 aliphatic rings. The molecule has 0 bridgehead atoms. The van der Waals surface area contributed by atoms with E-state index in [0.717, 1.165) is 27.8 Å². The van der Waals surface area contributed by atoms with Crippen LogP contribution in [0.15, 0.2) is 35.8 Å². The first-order valence-corrected chi connectivity index (χ1v) is 8.29. The summed E-state index contributed by atoms with van der Waals surface area (Å²) in [5.74, 6) is 2.09. The number of anilines is 2. The molecule has 118 valence electrons. The quantitative estimate of drug-likeness (QED) is 0.755. The van der Waals surface area contributed by atoms with E-state index in [9.17, 15) is 0 Å². The van der Waals surface area contributed by atoms with Crippen molar-refractivity contribution in [3.63, 3.8) is 0 Å². The fraction of sp³-hybridized carbons (Fsp3) is 0.235. The molecule has 0 radical (unpaired) electrons. The maximum Gasteiger partial charge on any atom is 0.174 e. The Labute approximate surface area is 139 Å². The summed E-state index contributed by atoms with van der Waals surface area (Å²) in [6.45, 7) is 6.46. The van der Waals surface area contributed by atoms with E-state index in [1.807, 2.05) is 50.4 Å². The van der Waals surface area contributed by atoms with Crippen LogP contribution in [0.4, 0.5) is 11.6 Å². The van der Waals surface area contributed by atoms with Crippen molar-refractivity contribution in [3.8, 4) is 17.0 Å². The molecule has 0 saturated heterocycles. The van der Waals surface area contributed by atoms with Crippen LogP contribution in [0.2, 0.25) is 0 Å². The topological polar surface area (TPSA) is 59.9 Å². The average Bonchev–Trinajstić information content (AvgIpc) is 2.96. The van der Waals surface area contributed by atoms with Crippen LogP contribution in [0.5, 0.6) is 5.75 Å². The molecule has 0 unspecified atom stereocenters. The molecule has 5 nitrogen and oxygen atoms in total. The van der Waals surface area contributed by atoms with Crippen molar-refractivity contribution >= 4 is 23.0 Å². The molecule has 0 atom stereocenters. The van der Waals surface area contributed by atoms with Gasteiger partial charge in [-0.15, -0.1) is 11.3 Å². The molecule has 0 aliphatic carbocycles. The molecule has 0 amide bonds. The molecular formula is C17H18N4OS. The smallest absolute Gasteiger partial charge is 0.174 e. The van der Waals surface area contributed by atoms with Crippen molar-refractivity contribution in [3.05, 3.63) is 46.5 Å². The van der Waals surface area contributed by atoms with Gasteiger partial charge >= 0.3 is 0 Å². The fourth-order valence-electron chi connectivity index (χ4n) is 2.17. The van der Waals surface area contributed by atoms with Crippen LogP contribution in [0.25, 0.3) is 11.3 Å². The Morgan fingerprint density at radius 2 is 2.09 bits per heavy atom. The molecule has 0 spiro atoms. The first kappa shape index (κ1) is 15.4. The van der Waals surface area contributed by atoms with E-state index >= 15 is 0 Å². The number of hydrogen-bond acceptors (Lipinski definition) is 6. The minimum atomic E-state index is 0.567. The van der Waals surface area contributed by atoms with E-state index in [-0.39, 0.29) is 0 Å². The minimum Gasteiger partial charge on any atom is -0.490 e. The molecule has 6 heteroatoms. The SMILES string of the molecule is CCOc1cc(-c2csc(C)n2)cnc1Nc1cccc(C)n1. The lowest BCUT2D eigenvalue weighted by Crippen LogP contribution is -2.02. The fourth-order valence-corrected chi connectivity index (χ4v) is 2.80. The highest BCUT2D eigenvalue weighted by Crippen LogP contribution is 2.30. The second kappa shape index (κ2) is 6.75. The molecular weight excluding hydrogens is 308 g/mol. The first-order valence-electron chi connectivity index (χ1n) is 7.41. The zero-order valence-corrected chi connectivity index (χ0v) is 14.1. The van der Waals surface area contributed by atoms with E-state index < -0.39 is 0 Å². The Morgan fingerprint density at radius 1 is 1.22 bits per heavy atom. The van der Waals surface area contributed by atoms with Gasteiger partial charge in [0.05, 0.1) is 17.3 Å². The molecule has 0 fully saturated rings. The summed E-state index contributed by atoms with van der Waals surface area (Å²) in [7, 11) is 0. The number of ether oxygens (including phenoxy) is 1. The van der Waals surface area contributed by atoms with Crippen molar-refractivity contribution in [2.75, 3.05) is 11.9 Å². The molecule has 0 aliphatic heterocycles. The van der Waals surface area contributed by atoms with Gasteiger partial charge in [-0.3, -0.25) is 0 Å². The monoisotopic (exact) mass is 326 g/mol. The third-order valence-electron chi connectivity index (χ3n) is 3.20. The average molecular weight is 326 g/mol. The van der Waals surface area contributed by atoms with Gasteiger partial charge < -0.3 is 10.1 Å². The van der Waals surface area contributed by atoms with Gasteiger partial charge in [0.1, 0.15) is 5.82 Å². The van der Waals surface area contributed by atoms with Crippen LogP contribution in [0.1, 0.15) is 17.6 Å². The lowest BCUT2D eigenvalue weighted by Gasteiger charge is -2.12. The van der Waals surface area contributed by atoms with Crippen LogP contribution in [0, 0.1) is 13.8 Å². The third-order valence-corrected chi connectivity index (χ3v) is 3.98. The van der Waals surface area contributed by atoms with Crippen molar-refractivity contribution in [2.24, 2.45) is 0 Å². The summed E-state index contributed by atoms with van der Waals surface area (Å²) in [5, 5.41) is 6.27. The van der Waals surface area contributed by atoms with E-state index in [1.165, 1.54) is 0 Å². The highest BCUT2D eigenvalue weighted by Gasteiger charge is 2.11. The van der Waals surface area contributed by atoms with Gasteiger partial charge in [0.15, 0.2) is 11.6 Å². The van der Waals surface area contributed by atoms with Gasteiger partial charge in [-0.25, -0.2) is 15.0 Å². The lowest BCUT2D eigenvalue weighted by molar-refractivity contribution is 0.341. The second-order valence-corrected chi connectivity index (χ2v) is 6.11. The third kappa shape index (κ3) is 3.65. The largest absolute Gasteiger partial charge is 0.490 e. The molecule has 3 heterocycles. The Balaban J connectivity index is 1.93. The van der Waals surface area contributed by atoms with Gasteiger partial charge in [-0.1, -0.05) is 6.07 Å². The van der Waals surface area contributed by atoms with Crippen LogP contribution >= 0.6 is 11.3 Å². The number of rotatable bonds is 5. The Morgan fingerprint density at radius 3 is 2.78 bits per heavy atom. The Kier molecular flexibility index (Phi) is 4.52. The molecule has 23 heavy (non-hydrogen) atoms. The lowest BCUT2D eigenvalue weighted by atomic mass is 10.2. The van der Waals surface area contributed by atoms with Crippen LogP contribution < -0.4 is 10.1 Å². The van der Waals surface area contributed by atoms with Crippen molar-refractivity contribution in [1.29, 1.82) is 0 Å². The summed E-state index contributed by atoms with van der Waals surface area (Å²) in [4.78, 5) is 13.4. The molecule has 3 rings (SSSR count). The zero-order valence-electron chi connectivity index (χ0n) is 13.3. The van der Waals surface area contributed by atoms with Crippen molar-refractivity contribution in [1.82, 2.24) is 15.0 Å². The van der Waals surface area contributed by atoms with Gasteiger partial charge in [-0.05, 0) is 39.0 Å². The molecule has 3 aromatic rings. The number of aryl methyl sites for hydroxylation is 2. The number of nitrogens with one attached hydrogen (secondary N) is 1. The summed E-state index contributed by atoms with van der Waals surface area (Å²) >= 11 is 1.62. The van der Waals surface area contributed by atoms with Gasteiger partial charge in [0.25, 0.3) is 0 Å². The second-order valence-electron chi connectivity index (χ2n) is 5.04. The van der Waals surface area contributed by atoms with E-state index in [1.54, 1.807) is 17.5 Å². The first-order chi connectivity index (χ1) is 11.2. The Hall–Kier alpha value is -2.47. The Bertz CT molecular complexity index is 816. The van der Waals surface area contributed by atoms with Crippen molar-refractivity contribution in [2.45, 2.75) is 20.8 Å². The van der Waals surface area contributed by atoms with E-state index in [4.69, 9.17) is 4.74 Å². The number of aromatic nitrogens is 3. The van der Waals surface area contributed by atoms with Crippen LogP contribution in [0.3, 0.4) is 0 Å². The summed E-state index contributed by atoms with van der Waals surface area (Å²) in [6, 6.07) is 7.78. The maximum absolute atomic E-state index is 5.73. The van der Waals surface area contributed by atoms with E-state index in [2.05, 4.69) is 20.3 Å². The van der Waals surface area contributed by atoms with E-state index in [0.29, 0.717) is 18.2 Å². The van der Waals surface area contributed by atoms with Gasteiger partial charge in [0.2, 0.25) is 0 Å². The minimum absolute atomic E-state index is 0.567. The molecule has 3 aromatic heterocycles. The summed E-state index contributed by atoms with van der Waals surface area (Å²) < 4.78 is 5.73. The highest BCUT2D eigenvalue weighted by molar-refractivity contribution is 7.09. The number of hydrogen-bond donors (Lipinski definition) is 1. The summed E-state index contributed by atoms with van der Waals surface area (Å²) in [6.07, 6.45) is 1.80. The normalized spacial score (nSPS) is 10.6. The number of thiazole rings is 1. The highest BCUT2D eigenvalue weighted by atomic mass is 32.1. The number of pyridine rings is 2. The number of nitrogens with zero attached hydrogens (tertiary/aromatic N) is 3. The predicted molar refractivity (Wildman–Crippen MR) is 93.5 cm³/mol. The van der Waals surface area contributed by atoms with Crippen LogP contribution in [-0.4, -0.2) is 21.6 Å². The van der Waals surface area contributed by atoms with Gasteiger partial charge in [0, 0.05) is 22.8 Å². The molecule has 1 N–H and O–H groups in total. The predicted octanol–water partition coefficient (Wildman–Crippen LogP) is 4.36. The maximum atomic E-state index is 5.73. The standard InChI is InChI=1S/C17H18N4OS/c1-4-22-15-8-13(14-10-23-12(3)20-14)9-18-17(15)21-16-7-5-6-11(2)19-16/h5-10H,4H2,1-3H3,(H,18,19,21).